The molecule has 0 heterocycles. The standard InChI is InChI=1S/C19H24.C18H22O.C18H22.C12H18.C11H16/c1-12-7-18(8-13(2)16(12)5)11-19-9-14(3)17(6)15(4)10-19;1-11-7-17(8-12(2)15(11)5)19-18-9-13(3)16(6)14(4)10-18;1-11-7-17(8-12(2)15(11)5)18-9-13(3)16(6)14(4)10-18;1-7-8(2)10(4)12(6)11(5)9(7)3;1-7-6-8(2)10(4)11(5)9(7)3/h7-10H,11H2,1-6H3;7-10H,1-6H3;7-10H,1-6H3;1-6H3;6H,1-5H3. The molecule has 8 aromatic carbocycles. The van der Waals surface area contributed by atoms with Crippen molar-refractivity contribution < 1.29 is 4.74 Å². The van der Waals surface area contributed by atoms with Gasteiger partial charge in [-0.3, -0.25) is 0 Å². The maximum Gasteiger partial charge on any atom is 0.127 e. The average molecular weight is 1060 g/mol. The van der Waals surface area contributed by atoms with Gasteiger partial charge in [0.15, 0.2) is 0 Å². The second-order valence-electron chi connectivity index (χ2n) is 24.0. The molecular weight excluding hydrogens is 953 g/mol. The minimum absolute atomic E-state index is 0.920. The van der Waals surface area contributed by atoms with Crippen molar-refractivity contribution in [2.24, 2.45) is 0 Å². The molecule has 0 aromatic heterocycles. The van der Waals surface area contributed by atoms with E-state index in [-0.39, 0.29) is 0 Å². The van der Waals surface area contributed by atoms with E-state index in [1.807, 2.05) is 0 Å². The summed E-state index contributed by atoms with van der Waals surface area (Å²) in [5, 5.41) is 0. The molecule has 1 heteroatoms. The number of aryl methyl sites for hydroxylation is 14. The zero-order chi connectivity index (χ0) is 59.8. The summed E-state index contributed by atoms with van der Waals surface area (Å²) in [6, 6.07) is 29.2. The lowest BCUT2D eigenvalue weighted by molar-refractivity contribution is 0.480. The van der Waals surface area contributed by atoms with E-state index in [1.54, 1.807) is 0 Å². The van der Waals surface area contributed by atoms with Crippen LogP contribution >= 0.6 is 0 Å². The molecule has 8 aromatic rings. The van der Waals surface area contributed by atoms with Gasteiger partial charge in [-0.15, -0.1) is 0 Å². The summed E-state index contributed by atoms with van der Waals surface area (Å²) in [6.45, 7) is 63.4. The lowest BCUT2D eigenvalue weighted by atomic mass is 9.90. The van der Waals surface area contributed by atoms with Gasteiger partial charge in [0, 0.05) is 0 Å². The van der Waals surface area contributed by atoms with Crippen LogP contribution in [0.4, 0.5) is 0 Å². The van der Waals surface area contributed by atoms with E-state index < -0.39 is 0 Å². The molecule has 0 radical (unpaired) electrons. The van der Waals surface area contributed by atoms with Crippen molar-refractivity contribution in [3.63, 3.8) is 0 Å². The summed E-state index contributed by atoms with van der Waals surface area (Å²) in [7, 11) is 0. The first kappa shape index (κ1) is 65.1. The Morgan fingerprint density at radius 3 is 0.557 bits per heavy atom. The third-order valence-electron chi connectivity index (χ3n) is 18.7. The number of hydrogen-bond acceptors (Lipinski definition) is 1. The van der Waals surface area contributed by atoms with Crippen molar-refractivity contribution in [3.05, 3.63) is 251 Å². The van der Waals surface area contributed by atoms with Crippen LogP contribution in [0.2, 0.25) is 0 Å². The highest BCUT2D eigenvalue weighted by Gasteiger charge is 2.11. The van der Waals surface area contributed by atoms with Crippen LogP contribution in [-0.4, -0.2) is 0 Å². The molecule has 0 atom stereocenters. The molecule has 0 saturated carbocycles. The first-order valence-corrected chi connectivity index (χ1v) is 28.9. The molecule has 0 aliphatic carbocycles. The summed E-state index contributed by atoms with van der Waals surface area (Å²) in [5.41, 5.74) is 45.9. The van der Waals surface area contributed by atoms with Gasteiger partial charge in [-0.2, -0.15) is 0 Å². The Labute approximate surface area is 483 Å². The van der Waals surface area contributed by atoms with Gasteiger partial charge in [-0.25, -0.2) is 0 Å². The molecule has 420 valence electrons. The SMILES string of the molecule is Cc1c(C)c(C)c(C)c(C)c1C.Cc1cc(-c2cc(C)c(C)c(C)c2)cc(C)c1C.Cc1cc(C)c(C)c(C)c1C.Cc1cc(Cc2cc(C)c(C)c(C)c2)cc(C)c1C.Cc1cc(Oc2cc(C)c(C)c(C)c2)cc(C)c1C. The molecule has 0 N–H and O–H groups in total. The number of ether oxygens (including phenoxy) is 1. The Kier molecular flexibility index (Phi) is 22.8. The van der Waals surface area contributed by atoms with Crippen LogP contribution < -0.4 is 4.74 Å². The highest BCUT2D eigenvalue weighted by atomic mass is 16.5. The quantitative estimate of drug-likeness (QED) is 0.167. The summed E-state index contributed by atoms with van der Waals surface area (Å²) in [4.78, 5) is 0. The largest absolute Gasteiger partial charge is 0.457 e. The van der Waals surface area contributed by atoms with Gasteiger partial charge in [0.1, 0.15) is 11.5 Å². The molecule has 0 aliphatic heterocycles. The molecule has 0 bridgehead atoms. The third kappa shape index (κ3) is 16.3. The molecule has 0 amide bonds. The van der Waals surface area contributed by atoms with Crippen LogP contribution in [-0.2, 0) is 6.42 Å². The molecule has 1 nitrogen and oxygen atoms in total. The number of benzene rings is 8. The Morgan fingerprint density at radius 1 is 0.177 bits per heavy atom. The van der Waals surface area contributed by atoms with Crippen molar-refractivity contribution in [2.45, 2.75) is 207 Å². The van der Waals surface area contributed by atoms with Crippen molar-refractivity contribution in [1.82, 2.24) is 0 Å². The average Bonchev–Trinajstić information content (AvgIpc) is 3.41. The predicted octanol–water partition coefficient (Wildman–Crippen LogP) is 22.4. The molecule has 0 spiro atoms. The number of hydrogen-bond donors (Lipinski definition) is 0. The van der Waals surface area contributed by atoms with Gasteiger partial charge in [0.25, 0.3) is 0 Å². The van der Waals surface area contributed by atoms with Gasteiger partial charge >= 0.3 is 0 Å². The topological polar surface area (TPSA) is 9.23 Å². The van der Waals surface area contributed by atoms with Crippen LogP contribution in [0.25, 0.3) is 11.1 Å². The van der Waals surface area contributed by atoms with E-state index in [9.17, 15) is 0 Å². The normalized spacial score (nSPS) is 10.6. The van der Waals surface area contributed by atoms with Crippen molar-refractivity contribution in [2.75, 3.05) is 0 Å². The van der Waals surface area contributed by atoms with Crippen molar-refractivity contribution in [3.8, 4) is 22.6 Å². The predicted molar refractivity (Wildman–Crippen MR) is 351 cm³/mol. The van der Waals surface area contributed by atoms with Gasteiger partial charge < -0.3 is 4.74 Å². The summed E-state index contributed by atoms with van der Waals surface area (Å²) in [6.07, 6.45) is 1.03. The lowest BCUT2D eigenvalue weighted by Crippen LogP contribution is -1.98. The molecule has 0 fully saturated rings. The molecule has 79 heavy (non-hydrogen) atoms. The summed E-state index contributed by atoms with van der Waals surface area (Å²) in [5.74, 6) is 1.84. The van der Waals surface area contributed by atoms with Crippen LogP contribution in [0.15, 0.2) is 78.9 Å². The second kappa shape index (κ2) is 27.6. The zero-order valence-corrected chi connectivity index (χ0v) is 55.1. The fourth-order valence-corrected chi connectivity index (χ4v) is 10.4. The van der Waals surface area contributed by atoms with E-state index in [0.29, 0.717) is 0 Å². The molecule has 0 unspecified atom stereocenters. The second-order valence-corrected chi connectivity index (χ2v) is 24.0. The van der Waals surface area contributed by atoms with Crippen LogP contribution in [0.3, 0.4) is 0 Å². The minimum atomic E-state index is 0.920. The zero-order valence-electron chi connectivity index (χ0n) is 55.1. The Bertz CT molecular complexity index is 2960. The number of rotatable bonds is 5. The lowest BCUT2D eigenvalue weighted by Gasteiger charge is -2.15. The van der Waals surface area contributed by atoms with Gasteiger partial charge in [-0.05, 0) is 415 Å². The van der Waals surface area contributed by atoms with Crippen molar-refractivity contribution in [1.29, 1.82) is 0 Å². The van der Waals surface area contributed by atoms with Gasteiger partial charge in [0.05, 0.1) is 0 Å². The molecular formula is C78H102O. The van der Waals surface area contributed by atoms with Gasteiger partial charge in [0.2, 0.25) is 0 Å². The van der Waals surface area contributed by atoms with E-state index in [0.717, 1.165) is 17.9 Å². The first-order chi connectivity index (χ1) is 36.7. The van der Waals surface area contributed by atoms with Gasteiger partial charge in [-0.1, -0.05) is 54.6 Å². The van der Waals surface area contributed by atoms with E-state index in [4.69, 9.17) is 4.74 Å². The van der Waals surface area contributed by atoms with E-state index in [2.05, 4.69) is 280 Å². The van der Waals surface area contributed by atoms with Crippen LogP contribution in [0, 0.1) is 201 Å². The van der Waals surface area contributed by atoms with E-state index in [1.165, 1.54) is 184 Å². The molecule has 0 aliphatic rings. The maximum atomic E-state index is 6.01. The van der Waals surface area contributed by atoms with E-state index >= 15 is 0 Å². The van der Waals surface area contributed by atoms with Crippen LogP contribution in [0.5, 0.6) is 11.5 Å². The molecule has 0 saturated heterocycles. The molecule has 8 rings (SSSR count). The first-order valence-electron chi connectivity index (χ1n) is 28.9. The Morgan fingerprint density at radius 2 is 0.342 bits per heavy atom. The maximum absolute atomic E-state index is 6.01. The summed E-state index contributed by atoms with van der Waals surface area (Å²) >= 11 is 0. The minimum Gasteiger partial charge on any atom is -0.457 e. The highest BCUT2D eigenvalue weighted by Crippen LogP contribution is 2.31. The third-order valence-corrected chi connectivity index (χ3v) is 18.7. The fourth-order valence-electron chi connectivity index (χ4n) is 10.4. The fraction of sp³-hybridized carbons (Fsp3) is 0.385. The Balaban J connectivity index is 0.000000216. The monoisotopic (exact) mass is 1050 g/mol. The Hall–Kier alpha value is -6.44. The van der Waals surface area contributed by atoms with Crippen molar-refractivity contribution >= 4 is 0 Å². The summed E-state index contributed by atoms with van der Waals surface area (Å²) < 4.78 is 6.01. The highest BCUT2D eigenvalue weighted by molar-refractivity contribution is 5.68. The van der Waals surface area contributed by atoms with Crippen LogP contribution in [0.1, 0.15) is 172 Å². The smallest absolute Gasteiger partial charge is 0.127 e.